The molecule has 9 heteroatoms. The third kappa shape index (κ3) is 4.37. The topological polar surface area (TPSA) is 84.7 Å². The van der Waals surface area contributed by atoms with Gasteiger partial charge in [0.2, 0.25) is 0 Å². The molecule has 2 aliphatic rings. The third-order valence-electron chi connectivity index (χ3n) is 7.14. The molecule has 1 aliphatic carbocycles. The number of hydrogen-bond acceptors (Lipinski definition) is 6. The number of carbonyl (C=O) groups excluding carboxylic acids is 1. The maximum atomic E-state index is 13.2. The number of amides is 1. The highest BCUT2D eigenvalue weighted by molar-refractivity contribution is 7.90. The third-order valence-corrected chi connectivity index (χ3v) is 8.82. The number of anilines is 1. The molecule has 0 N–H and O–H groups in total. The Labute approximate surface area is 206 Å². The van der Waals surface area contributed by atoms with Crippen molar-refractivity contribution in [1.82, 2.24) is 13.9 Å². The van der Waals surface area contributed by atoms with Crippen molar-refractivity contribution in [2.75, 3.05) is 25.0 Å². The van der Waals surface area contributed by atoms with Crippen molar-refractivity contribution < 1.29 is 17.9 Å². The second-order valence-corrected chi connectivity index (χ2v) is 12.5. The van der Waals surface area contributed by atoms with Gasteiger partial charge in [-0.15, -0.1) is 0 Å². The number of pyridine rings is 1. The summed E-state index contributed by atoms with van der Waals surface area (Å²) in [4.78, 5) is 21.2. The molecular weight excluding hydrogens is 464 g/mol. The summed E-state index contributed by atoms with van der Waals surface area (Å²) in [6, 6.07) is 12.5. The lowest BCUT2D eigenvalue weighted by molar-refractivity contribution is 0.0279. The highest BCUT2D eigenvalue weighted by atomic mass is 32.2. The van der Waals surface area contributed by atoms with Crippen molar-refractivity contribution in [3.8, 4) is 0 Å². The number of likely N-dealkylation sites (tertiary alicyclic amines) is 1. The zero-order valence-electron chi connectivity index (χ0n) is 20.6. The van der Waals surface area contributed by atoms with Crippen molar-refractivity contribution in [2.24, 2.45) is 11.8 Å². The van der Waals surface area contributed by atoms with Crippen LogP contribution in [0.25, 0.3) is 11.0 Å². The van der Waals surface area contributed by atoms with Crippen molar-refractivity contribution in [3.63, 3.8) is 0 Å². The summed E-state index contributed by atoms with van der Waals surface area (Å²) in [7, 11) is -1.67. The zero-order valence-corrected chi connectivity index (χ0v) is 21.4. The Morgan fingerprint density at radius 3 is 2.34 bits per heavy atom. The van der Waals surface area contributed by atoms with Crippen LogP contribution in [0.1, 0.15) is 33.6 Å². The van der Waals surface area contributed by atoms with Gasteiger partial charge in [0.05, 0.1) is 4.90 Å². The fourth-order valence-electron chi connectivity index (χ4n) is 5.46. The summed E-state index contributed by atoms with van der Waals surface area (Å²) < 4.78 is 33.3. The molecule has 2 unspecified atom stereocenters. The van der Waals surface area contributed by atoms with Gasteiger partial charge in [-0.2, -0.15) is 0 Å². The molecule has 186 valence electrons. The normalized spacial score (nSPS) is 22.4. The van der Waals surface area contributed by atoms with Crippen LogP contribution in [0.15, 0.2) is 59.8 Å². The smallest absolute Gasteiger partial charge is 0.410 e. The van der Waals surface area contributed by atoms with Gasteiger partial charge in [-0.3, -0.25) is 0 Å². The molecule has 8 nitrogen and oxygen atoms in total. The molecule has 0 spiro atoms. The van der Waals surface area contributed by atoms with Gasteiger partial charge in [-0.05, 0) is 69.7 Å². The number of rotatable bonds is 4. The maximum absolute atomic E-state index is 13.2. The Hall–Kier alpha value is -3.07. The molecule has 3 heterocycles. The molecule has 3 aromatic rings. The van der Waals surface area contributed by atoms with E-state index in [4.69, 9.17) is 4.74 Å². The summed E-state index contributed by atoms with van der Waals surface area (Å²) in [5.74, 6) is 0.880. The summed E-state index contributed by atoms with van der Waals surface area (Å²) in [5, 5.41) is 0.807. The lowest BCUT2D eigenvalue weighted by Crippen LogP contribution is -2.37. The second kappa shape index (κ2) is 8.55. The fourth-order valence-corrected chi connectivity index (χ4v) is 6.79. The van der Waals surface area contributed by atoms with Crippen LogP contribution < -0.4 is 4.90 Å². The minimum atomic E-state index is -3.74. The Morgan fingerprint density at radius 1 is 1.06 bits per heavy atom. The lowest BCUT2D eigenvalue weighted by Gasteiger charge is -2.29. The van der Waals surface area contributed by atoms with Gasteiger partial charge in [0.25, 0.3) is 10.0 Å². The molecule has 2 atom stereocenters. The van der Waals surface area contributed by atoms with Crippen LogP contribution in [0.5, 0.6) is 0 Å². The van der Waals surface area contributed by atoms with E-state index in [9.17, 15) is 13.2 Å². The van der Waals surface area contributed by atoms with Crippen molar-refractivity contribution in [2.45, 2.75) is 50.2 Å². The van der Waals surface area contributed by atoms with E-state index in [-0.39, 0.29) is 11.0 Å². The molecule has 35 heavy (non-hydrogen) atoms. The maximum Gasteiger partial charge on any atom is 0.410 e. The summed E-state index contributed by atoms with van der Waals surface area (Å²) in [6.07, 6.45) is 4.99. The van der Waals surface area contributed by atoms with Gasteiger partial charge < -0.3 is 14.5 Å². The van der Waals surface area contributed by atoms with Crippen LogP contribution in [0.3, 0.4) is 0 Å². The molecule has 5 rings (SSSR count). The van der Waals surface area contributed by atoms with Crippen molar-refractivity contribution >= 4 is 32.8 Å². The van der Waals surface area contributed by atoms with Gasteiger partial charge >= 0.3 is 6.09 Å². The largest absolute Gasteiger partial charge is 0.444 e. The number of hydrogen-bond donors (Lipinski definition) is 0. The molecule has 0 bridgehead atoms. The van der Waals surface area contributed by atoms with Crippen LogP contribution in [-0.4, -0.2) is 60.1 Å². The van der Waals surface area contributed by atoms with Gasteiger partial charge in [0.1, 0.15) is 5.60 Å². The van der Waals surface area contributed by atoms with E-state index in [1.807, 2.05) is 37.8 Å². The first kappa shape index (κ1) is 23.7. The zero-order chi connectivity index (χ0) is 25.0. The van der Waals surface area contributed by atoms with Gasteiger partial charge in [-0.25, -0.2) is 22.2 Å². The van der Waals surface area contributed by atoms with Gasteiger partial charge in [0.15, 0.2) is 5.65 Å². The number of ether oxygens (including phenoxy) is 1. The van der Waals surface area contributed by atoms with E-state index in [1.165, 1.54) is 3.97 Å². The Morgan fingerprint density at radius 2 is 1.71 bits per heavy atom. The summed E-state index contributed by atoms with van der Waals surface area (Å²) in [5.41, 5.74) is 0.896. The van der Waals surface area contributed by atoms with E-state index < -0.39 is 15.6 Å². The molecule has 1 aliphatic heterocycles. The second-order valence-electron chi connectivity index (χ2n) is 10.6. The standard InChI is InChI=1S/C26H32N4O4S/c1-26(2,3)34-25(31)29-16-18-14-20(15-19(18)17-29)28(4)23-10-12-27-24-22(23)11-13-30(24)35(32,33)21-8-6-5-7-9-21/h5-13,18-20H,14-17H2,1-4H3. The highest BCUT2D eigenvalue weighted by Gasteiger charge is 2.44. The van der Waals surface area contributed by atoms with Crippen LogP contribution in [0.2, 0.25) is 0 Å². The molecule has 1 aromatic carbocycles. The molecular formula is C26H32N4O4S. The van der Waals surface area contributed by atoms with E-state index >= 15 is 0 Å². The van der Waals surface area contributed by atoms with Gasteiger partial charge in [-0.1, -0.05) is 18.2 Å². The predicted octanol–water partition coefficient (Wildman–Crippen LogP) is 4.36. The van der Waals surface area contributed by atoms with Crippen molar-refractivity contribution in [3.05, 3.63) is 54.9 Å². The first-order valence-electron chi connectivity index (χ1n) is 12.0. The molecule has 1 amide bonds. The molecule has 2 aromatic heterocycles. The minimum absolute atomic E-state index is 0.228. The number of fused-ring (bicyclic) bond motifs is 2. The van der Waals surface area contributed by atoms with E-state index in [0.29, 0.717) is 23.5 Å². The summed E-state index contributed by atoms with van der Waals surface area (Å²) >= 11 is 0. The quantitative estimate of drug-likeness (QED) is 0.534. The average molecular weight is 497 g/mol. The van der Waals surface area contributed by atoms with E-state index in [1.54, 1.807) is 42.7 Å². The van der Waals surface area contributed by atoms with Crippen molar-refractivity contribution in [1.29, 1.82) is 0 Å². The SMILES string of the molecule is CN(c1ccnc2c1ccn2S(=O)(=O)c1ccccc1)C1CC2CN(C(=O)OC(C)(C)C)CC2C1. The highest BCUT2D eigenvalue weighted by Crippen LogP contribution is 2.42. The van der Waals surface area contributed by atoms with Crippen LogP contribution in [0.4, 0.5) is 10.5 Å². The van der Waals surface area contributed by atoms with E-state index in [0.717, 1.165) is 37.0 Å². The average Bonchev–Trinajstić information content (AvgIpc) is 3.51. The number of nitrogens with zero attached hydrogens (tertiary/aromatic N) is 4. The van der Waals surface area contributed by atoms with Gasteiger partial charge in [0, 0.05) is 49.6 Å². The number of carbonyl (C=O) groups is 1. The molecule has 1 saturated heterocycles. The van der Waals surface area contributed by atoms with E-state index in [2.05, 4.69) is 16.9 Å². The van der Waals surface area contributed by atoms with Crippen LogP contribution in [-0.2, 0) is 14.8 Å². The number of benzene rings is 1. The molecule has 0 radical (unpaired) electrons. The fraction of sp³-hybridized carbons (Fsp3) is 0.462. The Kier molecular flexibility index (Phi) is 5.78. The predicted molar refractivity (Wildman–Crippen MR) is 135 cm³/mol. The van der Waals surface area contributed by atoms with Crippen LogP contribution in [0, 0.1) is 11.8 Å². The number of aromatic nitrogens is 2. The Bertz CT molecular complexity index is 1330. The minimum Gasteiger partial charge on any atom is -0.444 e. The molecule has 1 saturated carbocycles. The summed E-state index contributed by atoms with van der Waals surface area (Å²) in [6.45, 7) is 7.12. The first-order chi connectivity index (χ1) is 16.5. The lowest BCUT2D eigenvalue weighted by atomic mass is 10.0. The molecule has 2 fully saturated rings. The Balaban J connectivity index is 1.34. The monoisotopic (exact) mass is 496 g/mol. The first-order valence-corrected chi connectivity index (χ1v) is 13.5. The van der Waals surface area contributed by atoms with Crippen LogP contribution >= 0.6 is 0 Å².